The average molecular weight is 338 g/mol. The van der Waals surface area contributed by atoms with Gasteiger partial charge in [-0.05, 0) is 80.0 Å². The first-order chi connectivity index (χ1) is 11.3. The maximum Gasteiger partial charge on any atom is 0.0905 e. The molecular formula is C20H34O4. The molecule has 138 valence electrons. The normalized spacial score (nSPS) is 59.8. The van der Waals surface area contributed by atoms with E-state index in [0.717, 1.165) is 44.9 Å². The van der Waals surface area contributed by atoms with E-state index in [-0.39, 0.29) is 30.0 Å². The zero-order valence-corrected chi connectivity index (χ0v) is 15.2. The molecule has 4 saturated carbocycles. The summed E-state index contributed by atoms with van der Waals surface area (Å²) in [6, 6.07) is 0. The Morgan fingerprint density at radius 1 is 0.917 bits per heavy atom. The van der Waals surface area contributed by atoms with E-state index in [1.165, 1.54) is 0 Å². The van der Waals surface area contributed by atoms with E-state index >= 15 is 0 Å². The summed E-state index contributed by atoms with van der Waals surface area (Å²) in [5, 5.41) is 41.3. The number of hydrogen-bond acceptors (Lipinski definition) is 4. The Labute approximate surface area is 145 Å². The van der Waals surface area contributed by atoms with E-state index in [9.17, 15) is 20.4 Å². The molecule has 0 radical (unpaired) electrons. The van der Waals surface area contributed by atoms with Crippen LogP contribution in [0.1, 0.15) is 65.2 Å². The fraction of sp³-hybridized carbons (Fsp3) is 1.00. The summed E-state index contributed by atoms with van der Waals surface area (Å²) in [6.07, 6.45) is 7.33. The number of fused-ring (bicyclic) bond motifs is 2. The van der Waals surface area contributed by atoms with Crippen molar-refractivity contribution in [2.24, 2.45) is 34.0 Å². The van der Waals surface area contributed by atoms with Crippen molar-refractivity contribution in [3.8, 4) is 0 Å². The summed E-state index contributed by atoms with van der Waals surface area (Å²) in [5.41, 5.74) is -0.949. The van der Waals surface area contributed by atoms with Crippen LogP contribution in [0.3, 0.4) is 0 Å². The van der Waals surface area contributed by atoms with Gasteiger partial charge in [0, 0.05) is 5.41 Å². The highest BCUT2D eigenvalue weighted by molar-refractivity contribution is 5.19. The van der Waals surface area contributed by atoms with Gasteiger partial charge in [-0.2, -0.15) is 0 Å². The molecule has 24 heavy (non-hydrogen) atoms. The summed E-state index contributed by atoms with van der Waals surface area (Å²) < 4.78 is 0. The molecule has 8 atom stereocenters. The summed E-state index contributed by atoms with van der Waals surface area (Å²) in [4.78, 5) is 0. The zero-order chi connectivity index (χ0) is 17.4. The Bertz CT molecular complexity index is 524. The Morgan fingerprint density at radius 3 is 2.33 bits per heavy atom. The van der Waals surface area contributed by atoms with Crippen molar-refractivity contribution in [2.45, 2.75) is 76.9 Å². The molecular weight excluding hydrogens is 304 g/mol. The summed E-state index contributed by atoms with van der Waals surface area (Å²) >= 11 is 0. The fourth-order valence-electron chi connectivity index (χ4n) is 7.93. The largest absolute Gasteiger partial charge is 0.396 e. The van der Waals surface area contributed by atoms with Crippen LogP contribution in [0.5, 0.6) is 0 Å². The second kappa shape index (κ2) is 5.18. The van der Waals surface area contributed by atoms with Gasteiger partial charge in [0.15, 0.2) is 0 Å². The molecule has 4 aliphatic carbocycles. The van der Waals surface area contributed by atoms with Crippen molar-refractivity contribution in [1.29, 1.82) is 0 Å². The molecule has 0 unspecified atom stereocenters. The first kappa shape index (κ1) is 17.3. The van der Waals surface area contributed by atoms with Gasteiger partial charge in [0.05, 0.1) is 24.9 Å². The Morgan fingerprint density at radius 2 is 1.67 bits per heavy atom. The first-order valence-corrected chi connectivity index (χ1v) is 9.88. The molecule has 4 N–H and O–H groups in total. The molecule has 0 amide bonds. The molecule has 4 heteroatoms. The summed E-state index contributed by atoms with van der Waals surface area (Å²) in [5.74, 6) is 1.18. The molecule has 0 aromatic heterocycles. The maximum atomic E-state index is 10.9. The van der Waals surface area contributed by atoms with Gasteiger partial charge in [0.1, 0.15) is 0 Å². The first-order valence-electron chi connectivity index (χ1n) is 9.88. The van der Waals surface area contributed by atoms with Crippen LogP contribution in [0, 0.1) is 34.0 Å². The van der Waals surface area contributed by atoms with Gasteiger partial charge in [-0.15, -0.1) is 0 Å². The van der Waals surface area contributed by atoms with E-state index in [0.29, 0.717) is 18.3 Å². The smallest absolute Gasteiger partial charge is 0.0905 e. The fourth-order valence-corrected chi connectivity index (χ4v) is 7.93. The van der Waals surface area contributed by atoms with E-state index in [4.69, 9.17) is 0 Å². The van der Waals surface area contributed by atoms with Gasteiger partial charge in [0.2, 0.25) is 0 Å². The molecule has 4 aliphatic rings. The van der Waals surface area contributed by atoms with Crippen LogP contribution in [0.4, 0.5) is 0 Å². The minimum atomic E-state index is -0.886. The third kappa shape index (κ3) is 1.84. The molecule has 2 bridgehead atoms. The highest BCUT2D eigenvalue weighted by atomic mass is 16.3. The second-order valence-corrected chi connectivity index (χ2v) is 10.0. The minimum Gasteiger partial charge on any atom is -0.396 e. The minimum absolute atomic E-state index is 0.0547. The number of aliphatic hydroxyl groups excluding tert-OH is 3. The van der Waals surface area contributed by atoms with Gasteiger partial charge in [-0.25, -0.2) is 0 Å². The molecule has 0 aliphatic heterocycles. The third-order valence-corrected chi connectivity index (χ3v) is 9.54. The lowest BCUT2D eigenvalue weighted by Crippen LogP contribution is -2.63. The van der Waals surface area contributed by atoms with Crippen LogP contribution in [0.2, 0.25) is 0 Å². The summed E-state index contributed by atoms with van der Waals surface area (Å²) in [7, 11) is 0. The predicted molar refractivity (Wildman–Crippen MR) is 91.2 cm³/mol. The van der Waals surface area contributed by atoms with Crippen LogP contribution in [0.15, 0.2) is 0 Å². The van der Waals surface area contributed by atoms with Crippen molar-refractivity contribution in [2.75, 3.05) is 13.2 Å². The van der Waals surface area contributed by atoms with Crippen LogP contribution >= 0.6 is 0 Å². The molecule has 4 fully saturated rings. The molecule has 4 nitrogen and oxygen atoms in total. The van der Waals surface area contributed by atoms with Gasteiger partial charge in [0.25, 0.3) is 0 Å². The quantitative estimate of drug-likeness (QED) is 0.621. The molecule has 0 aromatic carbocycles. The van der Waals surface area contributed by atoms with E-state index in [1.54, 1.807) is 0 Å². The third-order valence-electron chi connectivity index (χ3n) is 9.54. The topological polar surface area (TPSA) is 80.9 Å². The van der Waals surface area contributed by atoms with Gasteiger partial charge in [-0.1, -0.05) is 13.8 Å². The lowest BCUT2D eigenvalue weighted by Gasteiger charge is -2.66. The average Bonchev–Trinajstić information content (AvgIpc) is 2.93. The highest BCUT2D eigenvalue weighted by Gasteiger charge is 2.70. The number of aliphatic hydroxyl groups is 4. The number of hydrogen-bond donors (Lipinski definition) is 4. The van der Waals surface area contributed by atoms with Crippen molar-refractivity contribution < 1.29 is 20.4 Å². The van der Waals surface area contributed by atoms with Gasteiger partial charge >= 0.3 is 0 Å². The Balaban J connectivity index is 1.74. The number of rotatable bonds is 2. The monoisotopic (exact) mass is 338 g/mol. The molecule has 0 aromatic rings. The van der Waals surface area contributed by atoms with Crippen LogP contribution in [-0.4, -0.2) is 45.3 Å². The van der Waals surface area contributed by atoms with Crippen molar-refractivity contribution >= 4 is 0 Å². The molecule has 0 heterocycles. The van der Waals surface area contributed by atoms with E-state index < -0.39 is 17.1 Å². The summed E-state index contributed by atoms with van der Waals surface area (Å²) in [6.45, 7) is 4.43. The van der Waals surface area contributed by atoms with Gasteiger partial charge < -0.3 is 20.4 Å². The standard InChI is InChI=1S/C20H34O4/c1-17(11-21)15-4-3-13-9-14-10-19(13,7-8-20(14,24)12-22)18(15,2)6-5-16(17)23/h13-16,21-24H,3-12H2,1-2H3/t13-,14-,15-,16+,17-,18+,19-,20-/m0/s1. The van der Waals surface area contributed by atoms with E-state index in [1.807, 2.05) is 0 Å². The predicted octanol–water partition coefficient (Wildman–Crippen LogP) is 2.09. The van der Waals surface area contributed by atoms with Crippen LogP contribution in [0.25, 0.3) is 0 Å². The van der Waals surface area contributed by atoms with E-state index in [2.05, 4.69) is 13.8 Å². The molecule has 0 saturated heterocycles. The lowest BCUT2D eigenvalue weighted by molar-refractivity contribution is -0.216. The maximum absolute atomic E-state index is 10.9. The van der Waals surface area contributed by atoms with Crippen molar-refractivity contribution in [3.63, 3.8) is 0 Å². The highest BCUT2D eigenvalue weighted by Crippen LogP contribution is 2.75. The molecule has 4 rings (SSSR count). The van der Waals surface area contributed by atoms with Crippen LogP contribution < -0.4 is 0 Å². The lowest BCUT2D eigenvalue weighted by atomic mass is 9.39. The van der Waals surface area contributed by atoms with Crippen LogP contribution in [-0.2, 0) is 0 Å². The molecule has 1 spiro atoms. The van der Waals surface area contributed by atoms with Crippen molar-refractivity contribution in [1.82, 2.24) is 0 Å². The second-order valence-electron chi connectivity index (χ2n) is 10.0. The van der Waals surface area contributed by atoms with Gasteiger partial charge in [-0.3, -0.25) is 0 Å². The SMILES string of the molecule is C[C@@]1(CO)[C@H](O)CC[C@]2(C)[C@H]1CC[C@H]1C[C@H]3C[C@@]12CC[C@]3(O)CO. The van der Waals surface area contributed by atoms with Crippen molar-refractivity contribution in [3.05, 3.63) is 0 Å². The Kier molecular flexibility index (Phi) is 3.73. The Hall–Kier alpha value is -0.160. The zero-order valence-electron chi connectivity index (χ0n) is 15.2.